The molecule has 5 heteroatoms. The van der Waals surface area contributed by atoms with Crippen LogP contribution in [0.15, 0.2) is 16.7 Å². The maximum atomic E-state index is 12.5. The van der Waals surface area contributed by atoms with E-state index in [1.54, 1.807) is 0 Å². The Morgan fingerprint density at radius 2 is 2.29 bits per heavy atom. The van der Waals surface area contributed by atoms with Crippen molar-refractivity contribution in [1.82, 2.24) is 15.0 Å². The van der Waals surface area contributed by atoms with Crippen LogP contribution in [-0.4, -0.2) is 27.5 Å². The second kappa shape index (κ2) is 7.38. The highest BCUT2D eigenvalue weighted by molar-refractivity contribution is 5.79. The van der Waals surface area contributed by atoms with E-state index in [2.05, 4.69) is 36.1 Å². The number of hydrogen-bond acceptors (Lipinski definition) is 4. The molecular formula is C16H25N3O2. The van der Waals surface area contributed by atoms with Gasteiger partial charge in [-0.1, -0.05) is 31.2 Å². The molecule has 21 heavy (non-hydrogen) atoms. The van der Waals surface area contributed by atoms with Crippen LogP contribution in [0.4, 0.5) is 0 Å². The quantitative estimate of drug-likeness (QED) is 0.756. The van der Waals surface area contributed by atoms with E-state index in [9.17, 15) is 4.79 Å². The number of carbonyl (C=O) groups is 1. The van der Waals surface area contributed by atoms with Gasteiger partial charge in [-0.05, 0) is 32.1 Å². The molecule has 0 spiro atoms. The standard InChI is InChI=1S/C16H25N3O2/c1-4-19(16(20)13-8-6-5-7-9-13)11-14-17-15(21-18-14)10-12(2)3/h5-6,12-13H,4,7-11H2,1-3H3. The van der Waals surface area contributed by atoms with Crippen LogP contribution in [0.1, 0.15) is 51.7 Å². The second-order valence-corrected chi connectivity index (χ2v) is 6.04. The first-order valence-corrected chi connectivity index (χ1v) is 7.85. The Morgan fingerprint density at radius 1 is 1.48 bits per heavy atom. The van der Waals surface area contributed by atoms with Crippen molar-refractivity contribution < 1.29 is 9.32 Å². The molecule has 1 aliphatic carbocycles. The third kappa shape index (κ3) is 4.41. The van der Waals surface area contributed by atoms with Crippen LogP contribution in [0.2, 0.25) is 0 Å². The summed E-state index contributed by atoms with van der Waals surface area (Å²) in [7, 11) is 0. The highest BCUT2D eigenvalue weighted by atomic mass is 16.5. The molecule has 0 fully saturated rings. The number of aromatic nitrogens is 2. The molecule has 0 aromatic carbocycles. The summed E-state index contributed by atoms with van der Waals surface area (Å²) >= 11 is 0. The Bertz CT molecular complexity index is 493. The fraction of sp³-hybridized carbons (Fsp3) is 0.688. The van der Waals surface area contributed by atoms with Gasteiger partial charge in [0.25, 0.3) is 0 Å². The third-order valence-corrected chi connectivity index (χ3v) is 3.74. The molecule has 5 nitrogen and oxygen atoms in total. The van der Waals surface area contributed by atoms with Gasteiger partial charge in [-0.3, -0.25) is 4.79 Å². The lowest BCUT2D eigenvalue weighted by Crippen LogP contribution is -2.36. The minimum absolute atomic E-state index is 0.108. The maximum Gasteiger partial charge on any atom is 0.226 e. The Labute approximate surface area is 126 Å². The van der Waals surface area contributed by atoms with Gasteiger partial charge < -0.3 is 9.42 Å². The van der Waals surface area contributed by atoms with E-state index in [0.29, 0.717) is 30.7 Å². The molecule has 1 unspecified atom stereocenters. The minimum atomic E-state index is 0.108. The van der Waals surface area contributed by atoms with Gasteiger partial charge in [0.1, 0.15) is 0 Å². The number of hydrogen-bond donors (Lipinski definition) is 0. The van der Waals surface area contributed by atoms with Crippen LogP contribution in [0, 0.1) is 11.8 Å². The fourth-order valence-corrected chi connectivity index (χ4v) is 2.58. The van der Waals surface area contributed by atoms with Crippen molar-refractivity contribution in [3.05, 3.63) is 23.9 Å². The van der Waals surface area contributed by atoms with E-state index < -0.39 is 0 Å². The zero-order valence-electron chi connectivity index (χ0n) is 13.2. The van der Waals surface area contributed by atoms with E-state index in [-0.39, 0.29) is 11.8 Å². The third-order valence-electron chi connectivity index (χ3n) is 3.74. The summed E-state index contributed by atoms with van der Waals surface area (Å²) in [6, 6.07) is 0. The first-order chi connectivity index (χ1) is 10.1. The molecule has 0 aliphatic heterocycles. The summed E-state index contributed by atoms with van der Waals surface area (Å²) in [4.78, 5) is 18.7. The Kier molecular flexibility index (Phi) is 5.53. The fourth-order valence-electron chi connectivity index (χ4n) is 2.58. The van der Waals surface area contributed by atoms with E-state index >= 15 is 0 Å². The highest BCUT2D eigenvalue weighted by Crippen LogP contribution is 2.21. The number of carbonyl (C=O) groups excluding carboxylic acids is 1. The number of rotatable bonds is 6. The van der Waals surface area contributed by atoms with Crippen molar-refractivity contribution in [1.29, 1.82) is 0 Å². The summed E-state index contributed by atoms with van der Waals surface area (Å²) < 4.78 is 5.24. The van der Waals surface area contributed by atoms with Crippen LogP contribution in [-0.2, 0) is 17.8 Å². The molecule has 0 radical (unpaired) electrons. The Hall–Kier alpha value is -1.65. The van der Waals surface area contributed by atoms with Crippen LogP contribution in [0.25, 0.3) is 0 Å². The van der Waals surface area contributed by atoms with Crippen LogP contribution < -0.4 is 0 Å². The number of amides is 1. The van der Waals surface area contributed by atoms with Gasteiger partial charge in [0.2, 0.25) is 11.8 Å². The Balaban J connectivity index is 1.96. The minimum Gasteiger partial charge on any atom is -0.339 e. The van der Waals surface area contributed by atoms with Crippen LogP contribution >= 0.6 is 0 Å². The van der Waals surface area contributed by atoms with Gasteiger partial charge in [0.05, 0.1) is 6.54 Å². The lowest BCUT2D eigenvalue weighted by Gasteiger charge is -2.25. The predicted octanol–water partition coefficient (Wildman–Crippen LogP) is 2.97. The van der Waals surface area contributed by atoms with Crippen molar-refractivity contribution in [3.63, 3.8) is 0 Å². The van der Waals surface area contributed by atoms with Crippen LogP contribution in [0.3, 0.4) is 0 Å². The summed E-state index contributed by atoms with van der Waals surface area (Å²) in [6.45, 7) is 7.33. The molecule has 1 aliphatic rings. The zero-order chi connectivity index (χ0) is 15.2. The number of nitrogens with zero attached hydrogens (tertiary/aromatic N) is 3. The SMILES string of the molecule is CCN(Cc1noc(CC(C)C)n1)C(=O)C1CC=CCC1. The van der Waals surface area contributed by atoms with E-state index in [0.717, 1.165) is 25.7 Å². The smallest absolute Gasteiger partial charge is 0.226 e. The maximum absolute atomic E-state index is 12.5. The van der Waals surface area contributed by atoms with E-state index in [4.69, 9.17) is 4.52 Å². The van der Waals surface area contributed by atoms with Crippen molar-refractivity contribution in [2.24, 2.45) is 11.8 Å². The highest BCUT2D eigenvalue weighted by Gasteiger charge is 2.24. The molecule has 2 rings (SSSR count). The van der Waals surface area contributed by atoms with Gasteiger partial charge in [-0.25, -0.2) is 0 Å². The summed E-state index contributed by atoms with van der Waals surface area (Å²) in [6.07, 6.45) is 7.82. The first-order valence-electron chi connectivity index (χ1n) is 7.85. The molecule has 0 saturated carbocycles. The Morgan fingerprint density at radius 3 is 2.90 bits per heavy atom. The van der Waals surface area contributed by atoms with Gasteiger partial charge in [-0.2, -0.15) is 4.98 Å². The average Bonchev–Trinajstić information content (AvgIpc) is 2.91. The molecule has 0 saturated heterocycles. The predicted molar refractivity (Wildman–Crippen MR) is 80.4 cm³/mol. The van der Waals surface area contributed by atoms with Crippen molar-refractivity contribution in [2.45, 2.75) is 53.0 Å². The summed E-state index contributed by atoms with van der Waals surface area (Å²) in [5.41, 5.74) is 0. The molecule has 1 heterocycles. The monoisotopic (exact) mass is 291 g/mol. The number of allylic oxidation sites excluding steroid dienone is 2. The van der Waals surface area contributed by atoms with Gasteiger partial charge in [0.15, 0.2) is 5.82 Å². The molecule has 116 valence electrons. The zero-order valence-corrected chi connectivity index (χ0v) is 13.2. The molecule has 0 bridgehead atoms. The van der Waals surface area contributed by atoms with Crippen molar-refractivity contribution in [3.8, 4) is 0 Å². The molecular weight excluding hydrogens is 266 g/mol. The molecule has 1 amide bonds. The van der Waals surface area contributed by atoms with Crippen molar-refractivity contribution in [2.75, 3.05) is 6.54 Å². The summed E-state index contributed by atoms with van der Waals surface area (Å²) in [5, 5.41) is 3.99. The van der Waals surface area contributed by atoms with E-state index in [1.807, 2.05) is 11.8 Å². The molecule has 1 atom stereocenters. The summed E-state index contributed by atoms with van der Waals surface area (Å²) in [5.74, 6) is 2.06. The lowest BCUT2D eigenvalue weighted by atomic mass is 9.93. The first kappa shape index (κ1) is 15.7. The lowest BCUT2D eigenvalue weighted by molar-refractivity contribution is -0.136. The van der Waals surface area contributed by atoms with Gasteiger partial charge >= 0.3 is 0 Å². The van der Waals surface area contributed by atoms with Crippen molar-refractivity contribution >= 4 is 5.91 Å². The second-order valence-electron chi connectivity index (χ2n) is 6.04. The molecule has 0 N–H and O–H groups in total. The molecule has 1 aromatic heterocycles. The normalized spacial score (nSPS) is 18.2. The van der Waals surface area contributed by atoms with E-state index in [1.165, 1.54) is 0 Å². The topological polar surface area (TPSA) is 59.2 Å². The van der Waals surface area contributed by atoms with Gasteiger partial charge in [0, 0.05) is 18.9 Å². The largest absolute Gasteiger partial charge is 0.339 e. The average molecular weight is 291 g/mol. The molecule has 1 aromatic rings. The van der Waals surface area contributed by atoms with Gasteiger partial charge in [-0.15, -0.1) is 0 Å². The van der Waals surface area contributed by atoms with Crippen LogP contribution in [0.5, 0.6) is 0 Å².